The summed E-state index contributed by atoms with van der Waals surface area (Å²) >= 11 is 0. The first-order valence-electron chi connectivity index (χ1n) is 8.01. The van der Waals surface area contributed by atoms with Crippen LogP contribution in [-0.2, 0) is 0 Å². The average Bonchev–Trinajstić information content (AvgIpc) is 2.86. The van der Waals surface area contributed by atoms with Gasteiger partial charge >= 0.3 is 0 Å². The number of hydrogen-bond acceptors (Lipinski definition) is 1. The smallest absolute Gasteiger partial charge is 0.00674 e. The van der Waals surface area contributed by atoms with E-state index in [1.165, 1.54) is 70.8 Å². The van der Waals surface area contributed by atoms with Crippen molar-refractivity contribution in [2.45, 2.75) is 84.1 Å². The van der Waals surface area contributed by atoms with Crippen LogP contribution in [0.3, 0.4) is 0 Å². The molecule has 17 heavy (non-hydrogen) atoms. The Kier molecular flexibility index (Phi) is 4.90. The number of nitrogens with one attached hydrogen (secondary N) is 1. The van der Waals surface area contributed by atoms with E-state index >= 15 is 0 Å². The highest BCUT2D eigenvalue weighted by atomic mass is 14.9. The van der Waals surface area contributed by atoms with Crippen LogP contribution in [0.5, 0.6) is 0 Å². The molecule has 1 N–H and O–H groups in total. The van der Waals surface area contributed by atoms with Crippen molar-refractivity contribution in [3.63, 3.8) is 0 Å². The summed E-state index contributed by atoms with van der Waals surface area (Å²) in [4.78, 5) is 0. The molecule has 2 aliphatic carbocycles. The van der Waals surface area contributed by atoms with Gasteiger partial charge in [-0.05, 0) is 56.3 Å². The van der Waals surface area contributed by atoms with Crippen LogP contribution in [0.4, 0.5) is 0 Å². The molecule has 1 nitrogen and oxygen atoms in total. The fourth-order valence-corrected chi connectivity index (χ4v) is 3.92. The van der Waals surface area contributed by atoms with Gasteiger partial charge in [0, 0.05) is 12.6 Å². The normalized spacial score (nSPS) is 32.8. The van der Waals surface area contributed by atoms with Gasteiger partial charge in [-0.3, -0.25) is 0 Å². The third-order valence-corrected chi connectivity index (χ3v) is 5.60. The van der Waals surface area contributed by atoms with Gasteiger partial charge in [0.2, 0.25) is 0 Å². The second-order valence-corrected chi connectivity index (χ2v) is 6.57. The predicted octanol–water partition coefficient (Wildman–Crippen LogP) is 4.52. The quantitative estimate of drug-likeness (QED) is 0.741. The zero-order valence-corrected chi connectivity index (χ0v) is 11.9. The summed E-state index contributed by atoms with van der Waals surface area (Å²) in [7, 11) is 0. The van der Waals surface area contributed by atoms with Crippen LogP contribution in [0.2, 0.25) is 0 Å². The third kappa shape index (κ3) is 3.47. The fraction of sp³-hybridized carbons (Fsp3) is 1.00. The van der Waals surface area contributed by atoms with Gasteiger partial charge in [-0.25, -0.2) is 0 Å². The van der Waals surface area contributed by atoms with E-state index in [4.69, 9.17) is 0 Å². The van der Waals surface area contributed by atoms with Crippen molar-refractivity contribution in [2.75, 3.05) is 6.54 Å². The first-order chi connectivity index (χ1) is 8.28. The van der Waals surface area contributed by atoms with Crippen LogP contribution in [-0.4, -0.2) is 12.6 Å². The van der Waals surface area contributed by atoms with Crippen LogP contribution >= 0.6 is 0 Å². The van der Waals surface area contributed by atoms with Crippen molar-refractivity contribution >= 4 is 0 Å². The van der Waals surface area contributed by atoms with Crippen molar-refractivity contribution < 1.29 is 0 Å². The van der Waals surface area contributed by atoms with Gasteiger partial charge in [0.1, 0.15) is 0 Å². The molecular weight excluding hydrogens is 206 g/mol. The van der Waals surface area contributed by atoms with E-state index in [9.17, 15) is 0 Å². The van der Waals surface area contributed by atoms with Gasteiger partial charge in [-0.15, -0.1) is 0 Å². The first kappa shape index (κ1) is 13.4. The Bertz CT molecular complexity index is 210. The van der Waals surface area contributed by atoms with Gasteiger partial charge in [0.05, 0.1) is 0 Å². The van der Waals surface area contributed by atoms with Crippen molar-refractivity contribution in [3.8, 4) is 0 Å². The molecule has 0 atom stereocenters. The van der Waals surface area contributed by atoms with E-state index in [2.05, 4.69) is 19.2 Å². The lowest BCUT2D eigenvalue weighted by Gasteiger charge is -2.34. The van der Waals surface area contributed by atoms with Gasteiger partial charge in [0.25, 0.3) is 0 Å². The summed E-state index contributed by atoms with van der Waals surface area (Å²) in [6.45, 7) is 6.04. The summed E-state index contributed by atoms with van der Waals surface area (Å²) in [5, 5.41) is 3.90. The molecule has 2 aliphatic rings. The highest BCUT2D eigenvalue weighted by Crippen LogP contribution is 2.40. The highest BCUT2D eigenvalue weighted by molar-refractivity contribution is 4.87. The van der Waals surface area contributed by atoms with Crippen molar-refractivity contribution in [2.24, 2.45) is 11.3 Å². The molecule has 0 heterocycles. The molecule has 0 aromatic heterocycles. The Balaban J connectivity index is 1.71. The Morgan fingerprint density at radius 2 is 1.65 bits per heavy atom. The van der Waals surface area contributed by atoms with Crippen molar-refractivity contribution in [1.82, 2.24) is 5.32 Å². The molecule has 100 valence electrons. The standard InChI is InChI=1S/C16H31N/c1-3-14-7-9-15(10-8-14)17-13-16(4-2)11-5-6-12-16/h14-15,17H,3-13H2,1-2H3. The largest absolute Gasteiger partial charge is 0.313 e. The molecule has 2 rings (SSSR count). The zero-order chi connectivity index (χ0) is 12.1. The summed E-state index contributed by atoms with van der Waals surface area (Å²) in [5.74, 6) is 1.03. The van der Waals surface area contributed by atoms with E-state index < -0.39 is 0 Å². The first-order valence-corrected chi connectivity index (χ1v) is 8.01. The maximum absolute atomic E-state index is 3.90. The molecule has 0 spiro atoms. The fourth-order valence-electron chi connectivity index (χ4n) is 3.92. The zero-order valence-electron chi connectivity index (χ0n) is 11.9. The van der Waals surface area contributed by atoms with E-state index in [1.807, 2.05) is 0 Å². The summed E-state index contributed by atoms with van der Waals surface area (Å²) in [6.07, 6.45) is 14.4. The van der Waals surface area contributed by atoms with Crippen LogP contribution in [0.1, 0.15) is 78.1 Å². The second-order valence-electron chi connectivity index (χ2n) is 6.57. The molecular formula is C16H31N. The molecule has 2 saturated carbocycles. The van der Waals surface area contributed by atoms with E-state index in [0.717, 1.165) is 12.0 Å². The highest BCUT2D eigenvalue weighted by Gasteiger charge is 2.32. The molecule has 0 aromatic carbocycles. The van der Waals surface area contributed by atoms with Crippen LogP contribution < -0.4 is 5.32 Å². The minimum absolute atomic E-state index is 0.668. The minimum atomic E-state index is 0.668. The Morgan fingerprint density at radius 1 is 1.00 bits per heavy atom. The number of rotatable bonds is 5. The summed E-state index contributed by atoms with van der Waals surface area (Å²) in [6, 6.07) is 0.835. The maximum Gasteiger partial charge on any atom is 0.00674 e. The lowest BCUT2D eigenvalue weighted by atomic mass is 9.81. The van der Waals surface area contributed by atoms with Gasteiger partial charge in [-0.1, -0.05) is 33.1 Å². The lowest BCUT2D eigenvalue weighted by Crippen LogP contribution is -2.40. The molecule has 1 heteroatoms. The summed E-state index contributed by atoms with van der Waals surface area (Å²) < 4.78 is 0. The minimum Gasteiger partial charge on any atom is -0.313 e. The Labute approximate surface area is 108 Å². The molecule has 0 bridgehead atoms. The van der Waals surface area contributed by atoms with Crippen LogP contribution in [0.25, 0.3) is 0 Å². The molecule has 0 aromatic rings. The Morgan fingerprint density at radius 3 is 2.18 bits per heavy atom. The van der Waals surface area contributed by atoms with E-state index in [1.54, 1.807) is 0 Å². The second kappa shape index (κ2) is 6.22. The maximum atomic E-state index is 3.90. The predicted molar refractivity (Wildman–Crippen MR) is 75.2 cm³/mol. The van der Waals surface area contributed by atoms with E-state index in [0.29, 0.717) is 5.41 Å². The molecule has 0 radical (unpaired) electrons. The molecule has 2 fully saturated rings. The van der Waals surface area contributed by atoms with Gasteiger partial charge in [0.15, 0.2) is 0 Å². The Hall–Kier alpha value is -0.0400. The van der Waals surface area contributed by atoms with Gasteiger partial charge in [-0.2, -0.15) is 0 Å². The van der Waals surface area contributed by atoms with Crippen molar-refractivity contribution in [3.05, 3.63) is 0 Å². The summed E-state index contributed by atoms with van der Waals surface area (Å²) in [5.41, 5.74) is 0.668. The van der Waals surface area contributed by atoms with Crippen molar-refractivity contribution in [1.29, 1.82) is 0 Å². The van der Waals surface area contributed by atoms with Crippen LogP contribution in [0.15, 0.2) is 0 Å². The van der Waals surface area contributed by atoms with E-state index in [-0.39, 0.29) is 0 Å². The monoisotopic (exact) mass is 237 g/mol. The average molecular weight is 237 g/mol. The molecule has 0 aliphatic heterocycles. The SMILES string of the molecule is CCC1CCC(NCC2(CC)CCCC2)CC1. The molecule has 0 unspecified atom stereocenters. The number of hydrogen-bond donors (Lipinski definition) is 1. The van der Waals surface area contributed by atoms with Gasteiger partial charge < -0.3 is 5.32 Å². The lowest BCUT2D eigenvalue weighted by molar-refractivity contribution is 0.222. The topological polar surface area (TPSA) is 12.0 Å². The third-order valence-electron chi connectivity index (χ3n) is 5.60. The van der Waals surface area contributed by atoms with Crippen LogP contribution in [0, 0.1) is 11.3 Å². The molecule has 0 amide bonds. The molecule has 0 saturated heterocycles.